The Morgan fingerprint density at radius 3 is 3.05 bits per heavy atom. The first-order chi connectivity index (χ1) is 10.2. The molecule has 7 nitrogen and oxygen atoms in total. The fourth-order valence-electron chi connectivity index (χ4n) is 1.94. The third-order valence-electron chi connectivity index (χ3n) is 2.87. The standard InChI is InChI=1S/C13H14N6OS/c1-8-17-10(18-20-8)4-6-16-13-11(12(14)19-21-13)9-3-2-5-15-7-9/h2-3,5,7,16H,4,6H2,1H3,(H2,14,19). The van der Waals surface area contributed by atoms with Crippen molar-refractivity contribution >= 4 is 22.4 Å². The average molecular weight is 302 g/mol. The molecular weight excluding hydrogens is 288 g/mol. The van der Waals surface area contributed by atoms with Crippen LogP contribution in [0.3, 0.4) is 0 Å². The molecule has 0 aliphatic rings. The Morgan fingerprint density at radius 2 is 2.33 bits per heavy atom. The third-order valence-corrected chi connectivity index (χ3v) is 3.69. The van der Waals surface area contributed by atoms with Crippen LogP contribution in [0.4, 0.5) is 10.8 Å². The van der Waals surface area contributed by atoms with E-state index in [0.717, 1.165) is 16.1 Å². The minimum atomic E-state index is 0.505. The molecule has 0 amide bonds. The number of nitrogens with one attached hydrogen (secondary N) is 1. The number of hydrogen-bond donors (Lipinski definition) is 2. The molecule has 3 aromatic rings. The lowest BCUT2D eigenvalue weighted by atomic mass is 10.1. The summed E-state index contributed by atoms with van der Waals surface area (Å²) < 4.78 is 9.14. The lowest BCUT2D eigenvalue weighted by Crippen LogP contribution is -2.05. The Morgan fingerprint density at radius 1 is 1.43 bits per heavy atom. The van der Waals surface area contributed by atoms with Crippen LogP contribution in [-0.2, 0) is 6.42 Å². The molecule has 0 saturated carbocycles. The highest BCUT2D eigenvalue weighted by molar-refractivity contribution is 7.11. The summed E-state index contributed by atoms with van der Waals surface area (Å²) >= 11 is 1.33. The molecule has 0 radical (unpaired) electrons. The van der Waals surface area contributed by atoms with Gasteiger partial charge in [-0.25, -0.2) is 0 Å². The van der Waals surface area contributed by atoms with Crippen LogP contribution >= 0.6 is 11.5 Å². The quantitative estimate of drug-likeness (QED) is 0.744. The van der Waals surface area contributed by atoms with Crippen LogP contribution in [0.5, 0.6) is 0 Å². The summed E-state index contributed by atoms with van der Waals surface area (Å²) in [6.45, 7) is 2.45. The molecule has 0 aromatic carbocycles. The summed E-state index contributed by atoms with van der Waals surface area (Å²) in [5.41, 5.74) is 7.78. The van der Waals surface area contributed by atoms with Gasteiger partial charge in [0.05, 0.1) is 5.56 Å². The molecule has 3 N–H and O–H groups in total. The maximum absolute atomic E-state index is 5.95. The van der Waals surface area contributed by atoms with E-state index in [1.807, 2.05) is 12.1 Å². The smallest absolute Gasteiger partial charge is 0.223 e. The molecule has 3 heterocycles. The highest BCUT2D eigenvalue weighted by Crippen LogP contribution is 2.36. The molecule has 0 fully saturated rings. The van der Waals surface area contributed by atoms with E-state index in [1.165, 1.54) is 11.5 Å². The second-order valence-corrected chi connectivity index (χ2v) is 5.19. The Bertz CT molecular complexity index is 723. The van der Waals surface area contributed by atoms with Gasteiger partial charge < -0.3 is 15.6 Å². The van der Waals surface area contributed by atoms with E-state index in [1.54, 1.807) is 19.3 Å². The Kier molecular flexibility index (Phi) is 3.78. The van der Waals surface area contributed by atoms with Gasteiger partial charge in [-0.05, 0) is 17.6 Å². The zero-order valence-corrected chi connectivity index (χ0v) is 12.2. The SMILES string of the molecule is Cc1nc(CCNc2snc(N)c2-c2cccnc2)no1. The molecule has 8 heteroatoms. The first kappa shape index (κ1) is 13.5. The fraction of sp³-hybridized carbons (Fsp3) is 0.231. The van der Waals surface area contributed by atoms with Crippen molar-refractivity contribution in [3.8, 4) is 11.1 Å². The van der Waals surface area contributed by atoms with Gasteiger partial charge in [0.2, 0.25) is 5.89 Å². The largest absolute Gasteiger partial charge is 0.382 e. The molecule has 0 aliphatic carbocycles. The lowest BCUT2D eigenvalue weighted by molar-refractivity contribution is 0.387. The van der Waals surface area contributed by atoms with Crippen molar-refractivity contribution in [1.29, 1.82) is 0 Å². The summed E-state index contributed by atoms with van der Waals surface area (Å²) in [7, 11) is 0. The number of nitrogens with zero attached hydrogens (tertiary/aromatic N) is 4. The van der Waals surface area contributed by atoms with Crippen LogP contribution < -0.4 is 11.1 Å². The van der Waals surface area contributed by atoms with Crippen molar-refractivity contribution in [3.05, 3.63) is 36.2 Å². The average Bonchev–Trinajstić information content (AvgIpc) is 3.06. The highest BCUT2D eigenvalue weighted by Gasteiger charge is 2.13. The summed E-state index contributed by atoms with van der Waals surface area (Å²) in [6, 6.07) is 3.83. The van der Waals surface area contributed by atoms with Gasteiger partial charge in [0.1, 0.15) is 10.8 Å². The van der Waals surface area contributed by atoms with E-state index in [2.05, 4.69) is 24.8 Å². The van der Waals surface area contributed by atoms with Gasteiger partial charge in [-0.2, -0.15) is 9.36 Å². The predicted molar refractivity (Wildman–Crippen MR) is 81.0 cm³/mol. The maximum atomic E-state index is 5.95. The zero-order valence-electron chi connectivity index (χ0n) is 11.4. The number of aromatic nitrogens is 4. The van der Waals surface area contributed by atoms with Crippen LogP contribution in [0, 0.1) is 6.92 Å². The summed E-state index contributed by atoms with van der Waals surface area (Å²) in [6.07, 6.45) is 4.17. The van der Waals surface area contributed by atoms with E-state index >= 15 is 0 Å². The van der Waals surface area contributed by atoms with Gasteiger partial charge in [-0.1, -0.05) is 11.2 Å². The van der Waals surface area contributed by atoms with Crippen molar-refractivity contribution in [2.24, 2.45) is 0 Å². The number of nitrogens with two attached hydrogens (primary N) is 1. The summed E-state index contributed by atoms with van der Waals surface area (Å²) in [5, 5.41) is 8.09. The first-order valence-electron chi connectivity index (χ1n) is 6.42. The number of hydrogen-bond acceptors (Lipinski definition) is 8. The zero-order chi connectivity index (χ0) is 14.7. The van der Waals surface area contributed by atoms with E-state index < -0.39 is 0 Å². The summed E-state index contributed by atoms with van der Waals surface area (Å²) in [4.78, 5) is 8.28. The molecule has 0 unspecified atom stereocenters. The van der Waals surface area contributed by atoms with Crippen molar-refractivity contribution < 1.29 is 4.52 Å². The molecule has 21 heavy (non-hydrogen) atoms. The second-order valence-electron chi connectivity index (χ2n) is 4.42. The molecule has 0 spiro atoms. The van der Waals surface area contributed by atoms with Gasteiger partial charge in [-0.3, -0.25) is 4.98 Å². The number of aryl methyl sites for hydroxylation is 1. The molecule has 3 aromatic heterocycles. The summed E-state index contributed by atoms with van der Waals surface area (Å²) in [5.74, 6) is 1.76. The van der Waals surface area contributed by atoms with Crippen LogP contribution in [0.1, 0.15) is 11.7 Å². The molecule has 0 atom stereocenters. The van der Waals surface area contributed by atoms with Crippen molar-refractivity contribution in [2.75, 3.05) is 17.6 Å². The van der Waals surface area contributed by atoms with Gasteiger partial charge in [0, 0.05) is 37.8 Å². The van der Waals surface area contributed by atoms with Crippen LogP contribution in [-0.4, -0.2) is 26.0 Å². The van der Waals surface area contributed by atoms with Gasteiger partial charge in [-0.15, -0.1) is 0 Å². The molecule has 3 rings (SSSR count). The van der Waals surface area contributed by atoms with Crippen molar-refractivity contribution in [2.45, 2.75) is 13.3 Å². The molecule has 0 bridgehead atoms. The number of pyridine rings is 1. The van der Waals surface area contributed by atoms with E-state index in [-0.39, 0.29) is 0 Å². The monoisotopic (exact) mass is 302 g/mol. The number of anilines is 2. The molecule has 0 aliphatic heterocycles. The van der Waals surface area contributed by atoms with Crippen LogP contribution in [0.15, 0.2) is 29.0 Å². The topological polar surface area (TPSA) is 103 Å². The van der Waals surface area contributed by atoms with Crippen LogP contribution in [0.2, 0.25) is 0 Å². The minimum Gasteiger partial charge on any atom is -0.382 e. The predicted octanol–water partition coefficient (Wildman–Crippen LogP) is 2.13. The number of nitrogen functional groups attached to an aromatic ring is 1. The molecular formula is C13H14N6OS. The Labute approximate surface area is 125 Å². The minimum absolute atomic E-state index is 0.505. The second kappa shape index (κ2) is 5.88. The van der Waals surface area contributed by atoms with Gasteiger partial charge in [0.15, 0.2) is 5.82 Å². The highest BCUT2D eigenvalue weighted by atomic mass is 32.1. The van der Waals surface area contributed by atoms with E-state index in [9.17, 15) is 0 Å². The normalized spacial score (nSPS) is 10.7. The lowest BCUT2D eigenvalue weighted by Gasteiger charge is -2.05. The maximum Gasteiger partial charge on any atom is 0.223 e. The fourth-order valence-corrected chi connectivity index (χ4v) is 2.70. The van der Waals surface area contributed by atoms with Crippen molar-refractivity contribution in [1.82, 2.24) is 19.5 Å². The van der Waals surface area contributed by atoms with Crippen molar-refractivity contribution in [3.63, 3.8) is 0 Å². The molecule has 0 saturated heterocycles. The van der Waals surface area contributed by atoms with E-state index in [0.29, 0.717) is 30.5 Å². The van der Waals surface area contributed by atoms with E-state index in [4.69, 9.17) is 10.3 Å². The third kappa shape index (κ3) is 3.00. The van der Waals surface area contributed by atoms with Gasteiger partial charge >= 0.3 is 0 Å². The Balaban J connectivity index is 1.72. The van der Waals surface area contributed by atoms with Gasteiger partial charge in [0.25, 0.3) is 0 Å². The van der Waals surface area contributed by atoms with Crippen LogP contribution in [0.25, 0.3) is 11.1 Å². The Hall–Kier alpha value is -2.48. The first-order valence-corrected chi connectivity index (χ1v) is 7.20. The molecule has 108 valence electrons. The number of rotatable bonds is 5.